The predicted molar refractivity (Wildman–Crippen MR) is 84.5 cm³/mol. The summed E-state index contributed by atoms with van der Waals surface area (Å²) >= 11 is 0. The molecule has 1 aromatic carbocycles. The van der Waals surface area contributed by atoms with Gasteiger partial charge in [0.05, 0.1) is 11.7 Å². The van der Waals surface area contributed by atoms with Gasteiger partial charge in [-0.05, 0) is 31.9 Å². The van der Waals surface area contributed by atoms with E-state index in [4.69, 9.17) is 4.74 Å². The number of likely N-dealkylation sites (tertiary alicyclic amines) is 1. The molecule has 24 heavy (non-hydrogen) atoms. The Balaban J connectivity index is 1.78. The monoisotopic (exact) mass is 340 g/mol. The first-order valence-electron chi connectivity index (χ1n) is 8.14. The van der Waals surface area contributed by atoms with Gasteiger partial charge < -0.3 is 15.0 Å². The Kier molecular flexibility index (Phi) is 6.66. The quantitative estimate of drug-likeness (QED) is 0.863. The Hall–Kier alpha value is -2.02. The minimum atomic E-state index is -0.922. The number of benzene rings is 1. The van der Waals surface area contributed by atoms with Crippen molar-refractivity contribution in [3.8, 4) is 0 Å². The first kappa shape index (κ1) is 18.3. The van der Waals surface area contributed by atoms with Crippen LogP contribution in [0.25, 0.3) is 0 Å². The molecule has 1 unspecified atom stereocenters. The first-order chi connectivity index (χ1) is 11.5. The summed E-state index contributed by atoms with van der Waals surface area (Å²) in [5.41, 5.74) is -0.238. The molecule has 0 aliphatic carbocycles. The maximum absolute atomic E-state index is 13.5. The second-order valence-corrected chi connectivity index (χ2v) is 5.69. The van der Waals surface area contributed by atoms with Crippen LogP contribution in [-0.4, -0.2) is 49.1 Å². The fourth-order valence-electron chi connectivity index (χ4n) is 2.75. The van der Waals surface area contributed by atoms with Crippen molar-refractivity contribution in [2.75, 3.05) is 26.2 Å². The number of nitrogens with zero attached hydrogens (tertiary/aromatic N) is 1. The number of carbonyl (C=O) groups excluding carboxylic acids is 2. The van der Waals surface area contributed by atoms with Crippen molar-refractivity contribution >= 4 is 11.8 Å². The molecule has 0 aromatic heterocycles. The van der Waals surface area contributed by atoms with Crippen molar-refractivity contribution in [2.45, 2.75) is 32.3 Å². The standard InChI is InChI=1S/C17H22F2N2O3/c1-2-24-13-4-3-9-21(11-13)16(22)7-8-20-17(23)14-6-5-12(18)10-15(14)19/h5-6,10,13H,2-4,7-9,11H2,1H3,(H,20,23). The lowest BCUT2D eigenvalue weighted by Crippen LogP contribution is -2.44. The van der Waals surface area contributed by atoms with Crippen LogP contribution in [-0.2, 0) is 9.53 Å². The second-order valence-electron chi connectivity index (χ2n) is 5.69. The fourth-order valence-corrected chi connectivity index (χ4v) is 2.75. The van der Waals surface area contributed by atoms with E-state index in [1.807, 2.05) is 6.92 Å². The van der Waals surface area contributed by atoms with E-state index in [1.54, 1.807) is 4.90 Å². The van der Waals surface area contributed by atoms with Crippen LogP contribution in [0.2, 0.25) is 0 Å². The van der Waals surface area contributed by atoms with Crippen molar-refractivity contribution in [3.05, 3.63) is 35.4 Å². The third kappa shape index (κ3) is 4.99. The Labute approximate surface area is 140 Å². The smallest absolute Gasteiger partial charge is 0.254 e. The molecule has 1 saturated heterocycles. The molecule has 2 amide bonds. The van der Waals surface area contributed by atoms with Gasteiger partial charge in [0, 0.05) is 38.7 Å². The summed E-state index contributed by atoms with van der Waals surface area (Å²) in [6.45, 7) is 3.89. The number of carbonyl (C=O) groups is 2. The fraction of sp³-hybridized carbons (Fsp3) is 0.529. The van der Waals surface area contributed by atoms with Crippen LogP contribution in [0.15, 0.2) is 18.2 Å². The van der Waals surface area contributed by atoms with E-state index in [2.05, 4.69) is 5.32 Å². The Morgan fingerprint density at radius 3 is 2.88 bits per heavy atom. The summed E-state index contributed by atoms with van der Waals surface area (Å²) in [4.78, 5) is 25.8. The molecular weight excluding hydrogens is 318 g/mol. The van der Waals surface area contributed by atoms with Crippen LogP contribution in [0.3, 0.4) is 0 Å². The van der Waals surface area contributed by atoms with Gasteiger partial charge in [-0.15, -0.1) is 0 Å². The maximum Gasteiger partial charge on any atom is 0.254 e. The molecule has 1 aliphatic heterocycles. The number of amides is 2. The first-order valence-corrected chi connectivity index (χ1v) is 8.14. The van der Waals surface area contributed by atoms with E-state index in [0.29, 0.717) is 25.8 Å². The number of halogens is 2. The van der Waals surface area contributed by atoms with Gasteiger partial charge in [-0.3, -0.25) is 9.59 Å². The van der Waals surface area contributed by atoms with E-state index in [9.17, 15) is 18.4 Å². The molecule has 1 heterocycles. The minimum Gasteiger partial charge on any atom is -0.377 e. The maximum atomic E-state index is 13.5. The molecule has 1 fully saturated rings. The normalized spacial score (nSPS) is 17.6. The second kappa shape index (κ2) is 8.73. The number of hydrogen-bond donors (Lipinski definition) is 1. The van der Waals surface area contributed by atoms with E-state index >= 15 is 0 Å². The van der Waals surface area contributed by atoms with E-state index in [-0.39, 0.29) is 30.5 Å². The number of hydrogen-bond acceptors (Lipinski definition) is 3. The van der Waals surface area contributed by atoms with Crippen molar-refractivity contribution in [3.63, 3.8) is 0 Å². The molecule has 0 radical (unpaired) electrons. The van der Waals surface area contributed by atoms with Gasteiger partial charge in [0.2, 0.25) is 5.91 Å². The average molecular weight is 340 g/mol. The molecule has 7 heteroatoms. The molecule has 1 aliphatic rings. The molecule has 1 N–H and O–H groups in total. The molecule has 2 rings (SSSR count). The van der Waals surface area contributed by atoms with E-state index < -0.39 is 17.5 Å². The van der Waals surface area contributed by atoms with Gasteiger partial charge in [-0.25, -0.2) is 8.78 Å². The van der Waals surface area contributed by atoms with Gasteiger partial charge in [0.15, 0.2) is 0 Å². The van der Waals surface area contributed by atoms with Crippen molar-refractivity contribution in [1.29, 1.82) is 0 Å². The molecule has 0 bridgehead atoms. The minimum absolute atomic E-state index is 0.0654. The van der Waals surface area contributed by atoms with Crippen molar-refractivity contribution in [2.24, 2.45) is 0 Å². The van der Waals surface area contributed by atoms with Crippen molar-refractivity contribution in [1.82, 2.24) is 10.2 Å². The highest BCUT2D eigenvalue weighted by Crippen LogP contribution is 2.14. The van der Waals surface area contributed by atoms with Crippen LogP contribution in [0, 0.1) is 11.6 Å². The number of piperidine rings is 1. The molecule has 0 spiro atoms. The molecule has 1 aromatic rings. The van der Waals surface area contributed by atoms with Gasteiger partial charge in [0.25, 0.3) is 5.91 Å². The summed E-state index contributed by atoms with van der Waals surface area (Å²) in [5, 5.41) is 2.49. The summed E-state index contributed by atoms with van der Waals surface area (Å²) < 4.78 is 31.9. The van der Waals surface area contributed by atoms with Gasteiger partial charge >= 0.3 is 0 Å². The SMILES string of the molecule is CCOC1CCCN(C(=O)CCNC(=O)c2ccc(F)cc2F)C1. The largest absolute Gasteiger partial charge is 0.377 e. The topological polar surface area (TPSA) is 58.6 Å². The summed E-state index contributed by atoms with van der Waals surface area (Å²) in [5.74, 6) is -2.40. The Morgan fingerprint density at radius 2 is 2.17 bits per heavy atom. The van der Waals surface area contributed by atoms with Crippen LogP contribution in [0.1, 0.15) is 36.5 Å². The highest BCUT2D eigenvalue weighted by atomic mass is 19.1. The van der Waals surface area contributed by atoms with E-state index in [0.717, 1.165) is 25.0 Å². The van der Waals surface area contributed by atoms with Crippen LogP contribution in [0.4, 0.5) is 8.78 Å². The summed E-state index contributed by atoms with van der Waals surface area (Å²) in [7, 11) is 0. The molecule has 132 valence electrons. The lowest BCUT2D eigenvalue weighted by molar-refractivity contribution is -0.135. The van der Waals surface area contributed by atoms with Crippen LogP contribution < -0.4 is 5.32 Å². The highest BCUT2D eigenvalue weighted by Gasteiger charge is 2.23. The highest BCUT2D eigenvalue weighted by molar-refractivity contribution is 5.94. The summed E-state index contributed by atoms with van der Waals surface area (Å²) in [6, 6.07) is 2.76. The zero-order valence-corrected chi connectivity index (χ0v) is 13.7. The molecule has 1 atom stereocenters. The van der Waals surface area contributed by atoms with Crippen LogP contribution in [0.5, 0.6) is 0 Å². The van der Waals surface area contributed by atoms with E-state index in [1.165, 1.54) is 0 Å². The lowest BCUT2D eigenvalue weighted by Gasteiger charge is -2.32. The zero-order valence-electron chi connectivity index (χ0n) is 13.7. The van der Waals surface area contributed by atoms with Gasteiger partial charge in [-0.1, -0.05) is 0 Å². The molecular formula is C17H22F2N2O3. The zero-order chi connectivity index (χ0) is 17.5. The number of rotatable bonds is 6. The average Bonchev–Trinajstić information content (AvgIpc) is 2.55. The van der Waals surface area contributed by atoms with Crippen molar-refractivity contribution < 1.29 is 23.1 Å². The molecule has 0 saturated carbocycles. The van der Waals surface area contributed by atoms with Gasteiger partial charge in [-0.2, -0.15) is 0 Å². The third-order valence-corrected chi connectivity index (χ3v) is 3.93. The Bertz CT molecular complexity index is 593. The lowest BCUT2D eigenvalue weighted by atomic mass is 10.1. The third-order valence-electron chi connectivity index (χ3n) is 3.93. The Morgan fingerprint density at radius 1 is 1.38 bits per heavy atom. The van der Waals surface area contributed by atoms with Crippen LogP contribution >= 0.6 is 0 Å². The predicted octanol–water partition coefficient (Wildman–Crippen LogP) is 2.11. The molecule has 5 nitrogen and oxygen atoms in total. The number of nitrogens with one attached hydrogen (secondary N) is 1. The summed E-state index contributed by atoms with van der Waals surface area (Å²) in [6.07, 6.45) is 2.03. The van der Waals surface area contributed by atoms with Gasteiger partial charge in [0.1, 0.15) is 11.6 Å². The number of ether oxygens (including phenoxy) is 1.